The topological polar surface area (TPSA) is 35.8 Å². The van der Waals surface area contributed by atoms with E-state index in [0.717, 1.165) is 31.4 Å². The molecule has 0 fully saturated rings. The minimum Gasteiger partial charge on any atom is -0.378 e. The van der Waals surface area contributed by atoms with Gasteiger partial charge in [0.2, 0.25) is 0 Å². The van der Waals surface area contributed by atoms with Gasteiger partial charge in [0.1, 0.15) is 5.69 Å². The number of nitriles is 1. The highest BCUT2D eigenvalue weighted by atomic mass is 19.1. The molecule has 1 N–H and O–H groups in total. The van der Waals surface area contributed by atoms with Gasteiger partial charge >= 0.3 is 0 Å². The number of benzene rings is 1. The van der Waals surface area contributed by atoms with Crippen LogP contribution in [0.25, 0.3) is 0 Å². The van der Waals surface area contributed by atoms with Crippen LogP contribution in [0.5, 0.6) is 0 Å². The molecule has 0 bridgehead atoms. The molecule has 0 heterocycles. The van der Waals surface area contributed by atoms with Gasteiger partial charge in [0.25, 0.3) is 0 Å². The van der Waals surface area contributed by atoms with Crippen molar-refractivity contribution in [1.29, 1.82) is 5.26 Å². The Balaban J connectivity index is 2.81. The first-order valence-electron chi connectivity index (χ1n) is 5.74. The summed E-state index contributed by atoms with van der Waals surface area (Å²) in [5.41, 5.74) is -0.153. The van der Waals surface area contributed by atoms with Crippen molar-refractivity contribution < 1.29 is 8.78 Å². The summed E-state index contributed by atoms with van der Waals surface area (Å²) >= 11 is 0. The highest BCUT2D eigenvalue weighted by Crippen LogP contribution is 2.22. The highest BCUT2D eigenvalue weighted by molar-refractivity contribution is 5.50. The SMILES string of the molecule is CCCCC(C)Nc1c(F)cc(C#N)cc1F. The zero-order chi connectivity index (χ0) is 12.8. The fourth-order valence-corrected chi connectivity index (χ4v) is 1.60. The van der Waals surface area contributed by atoms with E-state index in [1.807, 2.05) is 6.92 Å². The van der Waals surface area contributed by atoms with Crippen molar-refractivity contribution in [3.63, 3.8) is 0 Å². The van der Waals surface area contributed by atoms with E-state index in [1.165, 1.54) is 0 Å². The van der Waals surface area contributed by atoms with Crippen LogP contribution in [-0.2, 0) is 0 Å². The third-order valence-corrected chi connectivity index (χ3v) is 2.55. The van der Waals surface area contributed by atoms with Gasteiger partial charge in [-0.15, -0.1) is 0 Å². The molecule has 1 aromatic rings. The van der Waals surface area contributed by atoms with Crippen molar-refractivity contribution in [3.8, 4) is 6.07 Å². The van der Waals surface area contributed by atoms with Crippen molar-refractivity contribution in [2.75, 3.05) is 5.32 Å². The van der Waals surface area contributed by atoms with E-state index in [9.17, 15) is 8.78 Å². The Morgan fingerprint density at radius 2 is 1.94 bits per heavy atom. The molecule has 0 saturated carbocycles. The summed E-state index contributed by atoms with van der Waals surface area (Å²) in [6.07, 6.45) is 2.91. The molecule has 0 aliphatic heterocycles. The molecule has 0 saturated heterocycles. The van der Waals surface area contributed by atoms with Gasteiger partial charge in [-0.1, -0.05) is 19.8 Å². The lowest BCUT2D eigenvalue weighted by atomic mass is 10.1. The first-order chi connectivity index (χ1) is 8.08. The van der Waals surface area contributed by atoms with Gasteiger partial charge in [0.05, 0.1) is 11.6 Å². The minimum atomic E-state index is -0.718. The Bertz CT molecular complexity index is 401. The normalized spacial score (nSPS) is 11.9. The molecule has 1 atom stereocenters. The quantitative estimate of drug-likeness (QED) is 0.846. The van der Waals surface area contributed by atoms with Gasteiger partial charge in [-0.2, -0.15) is 5.26 Å². The molecule has 1 aromatic carbocycles. The summed E-state index contributed by atoms with van der Waals surface area (Å²) < 4.78 is 27.1. The van der Waals surface area contributed by atoms with Gasteiger partial charge in [0, 0.05) is 6.04 Å². The fourth-order valence-electron chi connectivity index (χ4n) is 1.60. The molecule has 1 rings (SSSR count). The largest absolute Gasteiger partial charge is 0.378 e. The molecule has 0 aliphatic carbocycles. The van der Waals surface area contributed by atoms with E-state index >= 15 is 0 Å². The first-order valence-corrected chi connectivity index (χ1v) is 5.74. The standard InChI is InChI=1S/C13H16F2N2/c1-3-4-5-9(2)17-13-11(14)6-10(8-16)7-12(13)15/h6-7,9,17H,3-5H2,1-2H3. The molecule has 0 aromatic heterocycles. The summed E-state index contributed by atoms with van der Waals surface area (Å²) in [5, 5.41) is 11.4. The van der Waals surface area contributed by atoms with Crippen molar-refractivity contribution in [1.82, 2.24) is 0 Å². The number of anilines is 1. The van der Waals surface area contributed by atoms with Crippen LogP contribution in [-0.4, -0.2) is 6.04 Å². The third-order valence-electron chi connectivity index (χ3n) is 2.55. The van der Waals surface area contributed by atoms with Crippen molar-refractivity contribution >= 4 is 5.69 Å². The predicted octanol–water partition coefficient (Wildman–Crippen LogP) is 3.83. The summed E-state index contributed by atoms with van der Waals surface area (Å²) in [4.78, 5) is 0. The number of rotatable bonds is 5. The van der Waals surface area contributed by atoms with E-state index < -0.39 is 11.6 Å². The summed E-state index contributed by atoms with van der Waals surface area (Å²) in [5.74, 6) is -1.44. The minimum absolute atomic E-state index is 0.00638. The van der Waals surface area contributed by atoms with Crippen LogP contribution >= 0.6 is 0 Å². The second-order valence-electron chi connectivity index (χ2n) is 4.11. The van der Waals surface area contributed by atoms with E-state index in [1.54, 1.807) is 6.07 Å². The maximum atomic E-state index is 13.5. The van der Waals surface area contributed by atoms with Gasteiger partial charge in [-0.3, -0.25) is 0 Å². The number of unbranched alkanes of at least 4 members (excludes halogenated alkanes) is 1. The zero-order valence-electron chi connectivity index (χ0n) is 10.1. The first kappa shape index (κ1) is 13.4. The van der Waals surface area contributed by atoms with Crippen LogP contribution in [0.4, 0.5) is 14.5 Å². The molecule has 92 valence electrons. The number of nitrogens with zero attached hydrogens (tertiary/aromatic N) is 1. The van der Waals surface area contributed by atoms with Gasteiger partial charge in [-0.05, 0) is 25.5 Å². The number of hydrogen-bond donors (Lipinski definition) is 1. The lowest BCUT2D eigenvalue weighted by Gasteiger charge is -2.16. The summed E-state index contributed by atoms with van der Waals surface area (Å²) in [6, 6.07) is 3.80. The van der Waals surface area contributed by atoms with E-state index in [4.69, 9.17) is 5.26 Å². The van der Waals surface area contributed by atoms with Crippen LogP contribution in [0.1, 0.15) is 38.7 Å². The Morgan fingerprint density at radius 3 is 2.41 bits per heavy atom. The fraction of sp³-hybridized carbons (Fsp3) is 0.462. The molecule has 0 aliphatic rings. The zero-order valence-corrected chi connectivity index (χ0v) is 10.1. The molecule has 2 nitrogen and oxygen atoms in total. The van der Waals surface area contributed by atoms with Crippen LogP contribution in [0.2, 0.25) is 0 Å². The molecule has 4 heteroatoms. The van der Waals surface area contributed by atoms with E-state index in [-0.39, 0.29) is 17.3 Å². The summed E-state index contributed by atoms with van der Waals surface area (Å²) in [6.45, 7) is 3.95. The Morgan fingerprint density at radius 1 is 1.35 bits per heavy atom. The smallest absolute Gasteiger partial charge is 0.150 e. The Labute approximate surface area is 100 Å². The number of halogens is 2. The maximum absolute atomic E-state index is 13.5. The molecule has 17 heavy (non-hydrogen) atoms. The maximum Gasteiger partial charge on any atom is 0.150 e. The average molecular weight is 238 g/mol. The van der Waals surface area contributed by atoms with Crippen molar-refractivity contribution in [2.24, 2.45) is 0 Å². The number of hydrogen-bond acceptors (Lipinski definition) is 2. The van der Waals surface area contributed by atoms with Crippen LogP contribution in [0.3, 0.4) is 0 Å². The summed E-state index contributed by atoms with van der Waals surface area (Å²) in [7, 11) is 0. The second-order valence-corrected chi connectivity index (χ2v) is 4.11. The van der Waals surface area contributed by atoms with E-state index in [2.05, 4.69) is 12.2 Å². The lowest BCUT2D eigenvalue weighted by Crippen LogP contribution is -2.17. The highest BCUT2D eigenvalue weighted by Gasteiger charge is 2.13. The predicted molar refractivity (Wildman–Crippen MR) is 63.7 cm³/mol. The second kappa shape index (κ2) is 6.19. The van der Waals surface area contributed by atoms with Gasteiger partial charge < -0.3 is 5.32 Å². The van der Waals surface area contributed by atoms with Gasteiger partial charge in [-0.25, -0.2) is 8.78 Å². The van der Waals surface area contributed by atoms with Crippen LogP contribution in [0.15, 0.2) is 12.1 Å². The number of nitrogens with one attached hydrogen (secondary N) is 1. The Hall–Kier alpha value is -1.63. The lowest BCUT2D eigenvalue weighted by molar-refractivity contribution is 0.574. The van der Waals surface area contributed by atoms with Crippen LogP contribution in [0, 0.1) is 23.0 Å². The third kappa shape index (κ3) is 3.70. The molecule has 0 amide bonds. The molecular weight excluding hydrogens is 222 g/mol. The molecule has 0 radical (unpaired) electrons. The molecular formula is C13H16F2N2. The average Bonchev–Trinajstić information content (AvgIpc) is 2.30. The monoisotopic (exact) mass is 238 g/mol. The van der Waals surface area contributed by atoms with Crippen molar-refractivity contribution in [3.05, 3.63) is 29.3 Å². The van der Waals surface area contributed by atoms with Gasteiger partial charge in [0.15, 0.2) is 11.6 Å². The molecule has 0 spiro atoms. The molecule has 1 unspecified atom stereocenters. The van der Waals surface area contributed by atoms with E-state index in [0.29, 0.717) is 0 Å². The van der Waals surface area contributed by atoms with Crippen molar-refractivity contribution in [2.45, 2.75) is 39.2 Å². The Kier molecular flexibility index (Phi) is 4.89. The van der Waals surface area contributed by atoms with Crippen LogP contribution < -0.4 is 5.32 Å².